The molecule has 0 aliphatic rings. The van der Waals surface area contributed by atoms with E-state index in [0.29, 0.717) is 17.8 Å². The lowest BCUT2D eigenvalue weighted by molar-refractivity contribution is 0.103. The molecule has 5 heteroatoms. The quantitative estimate of drug-likeness (QED) is 0.506. The van der Waals surface area contributed by atoms with Gasteiger partial charge in [-0.15, -0.1) is 0 Å². The van der Waals surface area contributed by atoms with Crippen LogP contribution in [0.4, 0.5) is 18.9 Å². The van der Waals surface area contributed by atoms with Gasteiger partial charge in [0.25, 0.3) is 0 Å². The van der Waals surface area contributed by atoms with Crippen molar-refractivity contribution in [1.82, 2.24) is 0 Å². The van der Waals surface area contributed by atoms with Gasteiger partial charge in [0.2, 0.25) is 0 Å². The fourth-order valence-corrected chi connectivity index (χ4v) is 1.49. The molecule has 0 aromatic heterocycles. The van der Waals surface area contributed by atoms with Crippen molar-refractivity contribution in [2.75, 3.05) is 5.73 Å². The first kappa shape index (κ1) is 12.2. The Kier molecular flexibility index (Phi) is 3.06. The smallest absolute Gasteiger partial charge is 0.196 e. The van der Waals surface area contributed by atoms with Gasteiger partial charge in [-0.3, -0.25) is 4.79 Å². The Balaban J connectivity index is 2.46. The van der Waals surface area contributed by atoms with Crippen molar-refractivity contribution < 1.29 is 18.0 Å². The van der Waals surface area contributed by atoms with E-state index in [1.54, 1.807) is 0 Å². The summed E-state index contributed by atoms with van der Waals surface area (Å²) in [7, 11) is 0. The van der Waals surface area contributed by atoms with E-state index < -0.39 is 28.8 Å². The molecule has 0 unspecified atom stereocenters. The Morgan fingerprint density at radius 1 is 0.889 bits per heavy atom. The van der Waals surface area contributed by atoms with Gasteiger partial charge in [0.05, 0.1) is 5.56 Å². The van der Waals surface area contributed by atoms with Gasteiger partial charge < -0.3 is 5.73 Å². The zero-order valence-corrected chi connectivity index (χ0v) is 9.08. The fraction of sp³-hybridized carbons (Fsp3) is 0. The summed E-state index contributed by atoms with van der Waals surface area (Å²) in [4.78, 5) is 11.9. The SMILES string of the molecule is Nc1ccc(C(=O)c2cc(F)c(F)cc2F)cc1. The molecule has 2 nitrogen and oxygen atoms in total. The van der Waals surface area contributed by atoms with Crippen molar-refractivity contribution in [1.29, 1.82) is 0 Å². The van der Waals surface area contributed by atoms with Crippen molar-refractivity contribution in [3.05, 3.63) is 65.0 Å². The average molecular weight is 251 g/mol. The van der Waals surface area contributed by atoms with Crippen LogP contribution in [0.1, 0.15) is 15.9 Å². The van der Waals surface area contributed by atoms with Crippen molar-refractivity contribution in [2.45, 2.75) is 0 Å². The summed E-state index contributed by atoms with van der Waals surface area (Å²) >= 11 is 0. The van der Waals surface area contributed by atoms with Crippen LogP contribution in [0.25, 0.3) is 0 Å². The van der Waals surface area contributed by atoms with Crippen LogP contribution >= 0.6 is 0 Å². The summed E-state index contributed by atoms with van der Waals surface area (Å²) in [6.45, 7) is 0. The molecule has 0 radical (unpaired) electrons. The molecule has 2 aromatic rings. The Bertz CT molecular complexity index is 608. The molecule has 2 rings (SSSR count). The highest BCUT2D eigenvalue weighted by Gasteiger charge is 2.17. The van der Waals surface area contributed by atoms with Crippen LogP contribution < -0.4 is 5.73 Å². The monoisotopic (exact) mass is 251 g/mol. The number of nitrogen functional groups attached to an aromatic ring is 1. The van der Waals surface area contributed by atoms with Crippen LogP contribution in [0.2, 0.25) is 0 Å². The van der Waals surface area contributed by atoms with E-state index in [-0.39, 0.29) is 5.56 Å². The molecule has 0 aliphatic heterocycles. The molecular formula is C13H8F3NO. The third-order valence-electron chi connectivity index (χ3n) is 2.43. The van der Waals surface area contributed by atoms with Gasteiger partial charge in [0, 0.05) is 17.3 Å². The molecule has 0 atom stereocenters. The first-order chi connectivity index (χ1) is 8.49. The number of anilines is 1. The second kappa shape index (κ2) is 4.52. The van der Waals surface area contributed by atoms with Crippen molar-refractivity contribution in [3.8, 4) is 0 Å². The average Bonchev–Trinajstić information content (AvgIpc) is 2.34. The summed E-state index contributed by atoms with van der Waals surface area (Å²) in [6, 6.07) is 6.59. The van der Waals surface area contributed by atoms with E-state index in [2.05, 4.69) is 0 Å². The number of nitrogens with two attached hydrogens (primary N) is 1. The highest BCUT2D eigenvalue weighted by Crippen LogP contribution is 2.18. The summed E-state index contributed by atoms with van der Waals surface area (Å²) < 4.78 is 39.1. The van der Waals surface area contributed by atoms with E-state index in [9.17, 15) is 18.0 Å². The van der Waals surface area contributed by atoms with Gasteiger partial charge in [0.15, 0.2) is 17.4 Å². The summed E-state index contributed by atoms with van der Waals surface area (Å²) in [6.07, 6.45) is 0. The van der Waals surface area contributed by atoms with Crippen LogP contribution in [-0.4, -0.2) is 5.78 Å². The number of rotatable bonds is 2. The molecule has 0 saturated carbocycles. The van der Waals surface area contributed by atoms with Crippen molar-refractivity contribution in [2.24, 2.45) is 0 Å². The minimum atomic E-state index is -1.33. The molecule has 18 heavy (non-hydrogen) atoms. The molecule has 0 amide bonds. The molecule has 2 aromatic carbocycles. The fourth-order valence-electron chi connectivity index (χ4n) is 1.49. The maximum atomic E-state index is 13.4. The van der Waals surface area contributed by atoms with Gasteiger partial charge in [0.1, 0.15) is 5.82 Å². The number of carbonyl (C=O) groups is 1. The lowest BCUT2D eigenvalue weighted by Gasteiger charge is -2.04. The van der Waals surface area contributed by atoms with Crippen molar-refractivity contribution in [3.63, 3.8) is 0 Å². The predicted molar refractivity (Wildman–Crippen MR) is 60.6 cm³/mol. The van der Waals surface area contributed by atoms with Crippen LogP contribution in [0, 0.1) is 17.5 Å². The predicted octanol–water partition coefficient (Wildman–Crippen LogP) is 2.92. The number of carbonyl (C=O) groups excluding carboxylic acids is 1. The molecular weight excluding hydrogens is 243 g/mol. The van der Waals surface area contributed by atoms with E-state index in [4.69, 9.17) is 5.73 Å². The number of hydrogen-bond acceptors (Lipinski definition) is 2. The molecule has 0 heterocycles. The molecule has 92 valence electrons. The number of hydrogen-bond donors (Lipinski definition) is 1. The van der Waals surface area contributed by atoms with Crippen LogP contribution in [-0.2, 0) is 0 Å². The first-order valence-corrected chi connectivity index (χ1v) is 5.04. The van der Waals surface area contributed by atoms with Crippen LogP contribution in [0.15, 0.2) is 36.4 Å². The minimum Gasteiger partial charge on any atom is -0.399 e. The summed E-state index contributed by atoms with van der Waals surface area (Å²) in [5, 5.41) is 0. The molecule has 0 bridgehead atoms. The zero-order chi connectivity index (χ0) is 13.3. The Hall–Kier alpha value is -2.30. The topological polar surface area (TPSA) is 43.1 Å². The van der Waals surface area contributed by atoms with Crippen LogP contribution in [0.5, 0.6) is 0 Å². The van der Waals surface area contributed by atoms with Gasteiger partial charge in [-0.25, -0.2) is 13.2 Å². The van der Waals surface area contributed by atoms with Crippen molar-refractivity contribution >= 4 is 11.5 Å². The summed E-state index contributed by atoms with van der Waals surface area (Å²) in [5.41, 5.74) is 5.52. The Morgan fingerprint density at radius 2 is 1.44 bits per heavy atom. The van der Waals surface area contributed by atoms with Gasteiger partial charge in [-0.05, 0) is 30.3 Å². The van der Waals surface area contributed by atoms with E-state index in [1.165, 1.54) is 24.3 Å². The summed E-state index contributed by atoms with van der Waals surface area (Å²) in [5.74, 6) is -4.43. The number of benzene rings is 2. The maximum Gasteiger partial charge on any atom is 0.196 e. The van der Waals surface area contributed by atoms with Gasteiger partial charge >= 0.3 is 0 Å². The second-order valence-corrected chi connectivity index (χ2v) is 3.70. The zero-order valence-electron chi connectivity index (χ0n) is 9.08. The minimum absolute atomic E-state index is 0.147. The molecule has 0 fully saturated rings. The lowest BCUT2D eigenvalue weighted by atomic mass is 10.0. The number of halogens is 3. The molecule has 0 aliphatic carbocycles. The molecule has 2 N–H and O–H groups in total. The largest absolute Gasteiger partial charge is 0.399 e. The third-order valence-corrected chi connectivity index (χ3v) is 2.43. The first-order valence-electron chi connectivity index (χ1n) is 5.04. The third kappa shape index (κ3) is 2.20. The second-order valence-electron chi connectivity index (χ2n) is 3.70. The Labute approximate surface area is 101 Å². The van der Waals surface area contributed by atoms with E-state index in [1.807, 2.05) is 0 Å². The lowest BCUT2D eigenvalue weighted by Crippen LogP contribution is -2.06. The standard InChI is InChI=1S/C13H8F3NO/c14-10-6-12(16)11(15)5-9(10)13(18)7-1-3-8(17)4-2-7/h1-6H,17H2. The molecule has 0 spiro atoms. The highest BCUT2D eigenvalue weighted by atomic mass is 19.2. The molecule has 0 saturated heterocycles. The van der Waals surface area contributed by atoms with Gasteiger partial charge in [-0.2, -0.15) is 0 Å². The maximum absolute atomic E-state index is 13.4. The van der Waals surface area contributed by atoms with Crippen LogP contribution in [0.3, 0.4) is 0 Å². The Morgan fingerprint density at radius 3 is 2.06 bits per heavy atom. The van der Waals surface area contributed by atoms with E-state index >= 15 is 0 Å². The number of ketones is 1. The normalized spacial score (nSPS) is 10.4. The highest BCUT2D eigenvalue weighted by molar-refractivity contribution is 6.09. The van der Waals surface area contributed by atoms with Gasteiger partial charge in [-0.1, -0.05) is 0 Å². The van der Waals surface area contributed by atoms with E-state index in [0.717, 1.165) is 0 Å².